The molecule has 0 aromatic heterocycles. The molecule has 1 saturated heterocycles. The largest absolute Gasteiger partial charge is 0.481 e. The summed E-state index contributed by atoms with van der Waals surface area (Å²) in [5.41, 5.74) is 1.96. The predicted molar refractivity (Wildman–Crippen MR) is 73.0 cm³/mol. The Kier molecular flexibility index (Phi) is 3.92. The molecular formula is C15H21NO3. The number of aliphatic carboxylic acids is 1. The van der Waals surface area contributed by atoms with Crippen LogP contribution in [0.1, 0.15) is 37.4 Å². The Labute approximate surface area is 113 Å². The normalized spacial score (nSPS) is 23.5. The number of carboxylic acids is 1. The van der Waals surface area contributed by atoms with Crippen LogP contribution in [-0.4, -0.2) is 24.7 Å². The molecule has 0 radical (unpaired) electrons. The van der Waals surface area contributed by atoms with Gasteiger partial charge in [-0.15, -0.1) is 0 Å². The van der Waals surface area contributed by atoms with E-state index in [0.717, 1.165) is 11.1 Å². The van der Waals surface area contributed by atoms with Gasteiger partial charge in [0.05, 0.1) is 11.5 Å². The maximum Gasteiger partial charge on any atom is 0.307 e. The molecule has 104 valence electrons. The maximum absolute atomic E-state index is 10.9. The molecule has 0 aliphatic carbocycles. The summed E-state index contributed by atoms with van der Waals surface area (Å²) in [5.74, 6) is -0.993. The van der Waals surface area contributed by atoms with E-state index >= 15 is 0 Å². The number of benzene rings is 1. The number of carboxylic acid groups (broad SMARTS) is 1. The fourth-order valence-corrected chi connectivity index (χ4v) is 2.41. The third-order valence-corrected chi connectivity index (χ3v) is 4.00. The fraction of sp³-hybridized carbons (Fsp3) is 0.533. The Morgan fingerprint density at radius 1 is 1.37 bits per heavy atom. The Hall–Kier alpha value is -1.39. The third kappa shape index (κ3) is 2.96. The number of hydrogen-bond acceptors (Lipinski definition) is 3. The van der Waals surface area contributed by atoms with E-state index in [1.807, 2.05) is 13.8 Å². The molecule has 19 heavy (non-hydrogen) atoms. The van der Waals surface area contributed by atoms with Gasteiger partial charge in [0.25, 0.3) is 0 Å². The summed E-state index contributed by atoms with van der Waals surface area (Å²) in [5, 5.41) is 12.3. The van der Waals surface area contributed by atoms with E-state index in [0.29, 0.717) is 13.0 Å². The molecule has 0 bridgehead atoms. The first-order chi connectivity index (χ1) is 8.94. The van der Waals surface area contributed by atoms with Gasteiger partial charge in [0.2, 0.25) is 0 Å². The summed E-state index contributed by atoms with van der Waals surface area (Å²) in [6.45, 7) is 4.60. The Morgan fingerprint density at radius 2 is 2.00 bits per heavy atom. The van der Waals surface area contributed by atoms with Crippen molar-refractivity contribution in [1.82, 2.24) is 5.32 Å². The number of methoxy groups -OCH3 is 1. The van der Waals surface area contributed by atoms with Crippen molar-refractivity contribution in [3.8, 4) is 0 Å². The Balaban J connectivity index is 2.10. The second kappa shape index (κ2) is 5.31. The van der Waals surface area contributed by atoms with Crippen molar-refractivity contribution in [2.75, 3.05) is 13.7 Å². The molecule has 1 aliphatic heterocycles. The fourth-order valence-electron chi connectivity index (χ4n) is 2.41. The van der Waals surface area contributed by atoms with Crippen LogP contribution in [0, 0.1) is 5.92 Å². The monoisotopic (exact) mass is 263 g/mol. The first-order valence-corrected chi connectivity index (χ1v) is 6.56. The summed E-state index contributed by atoms with van der Waals surface area (Å²) in [4.78, 5) is 10.9. The molecule has 1 aromatic carbocycles. The lowest BCUT2D eigenvalue weighted by Crippen LogP contribution is -2.20. The van der Waals surface area contributed by atoms with Crippen molar-refractivity contribution in [2.45, 2.75) is 31.9 Å². The molecule has 2 rings (SSSR count). The van der Waals surface area contributed by atoms with Crippen LogP contribution in [-0.2, 0) is 15.1 Å². The van der Waals surface area contributed by atoms with Crippen LogP contribution in [0.25, 0.3) is 0 Å². The topological polar surface area (TPSA) is 58.6 Å². The van der Waals surface area contributed by atoms with Gasteiger partial charge in [0.15, 0.2) is 0 Å². The highest BCUT2D eigenvalue weighted by Gasteiger charge is 2.30. The second-order valence-electron chi connectivity index (χ2n) is 5.57. The summed E-state index contributed by atoms with van der Waals surface area (Å²) < 4.78 is 5.44. The van der Waals surface area contributed by atoms with Gasteiger partial charge in [-0.2, -0.15) is 0 Å². The van der Waals surface area contributed by atoms with Crippen molar-refractivity contribution < 1.29 is 14.6 Å². The lowest BCUT2D eigenvalue weighted by atomic mass is 9.94. The molecule has 1 heterocycles. The molecule has 1 fully saturated rings. The SMILES string of the molecule is COC(C)(C)c1ccc(C2CC(C(=O)O)CN2)cc1. The average Bonchev–Trinajstić information content (AvgIpc) is 2.88. The van der Waals surface area contributed by atoms with Crippen molar-refractivity contribution in [2.24, 2.45) is 5.92 Å². The lowest BCUT2D eigenvalue weighted by molar-refractivity contribution is -0.141. The second-order valence-corrected chi connectivity index (χ2v) is 5.57. The summed E-state index contributed by atoms with van der Waals surface area (Å²) in [6, 6.07) is 8.35. The molecule has 2 atom stereocenters. The van der Waals surface area contributed by atoms with Crippen LogP contribution >= 0.6 is 0 Å². The van der Waals surface area contributed by atoms with Crippen LogP contribution in [0.5, 0.6) is 0 Å². The van der Waals surface area contributed by atoms with Crippen LogP contribution in [0.15, 0.2) is 24.3 Å². The van der Waals surface area contributed by atoms with E-state index in [9.17, 15) is 4.79 Å². The van der Waals surface area contributed by atoms with Crippen LogP contribution in [0.2, 0.25) is 0 Å². The van der Waals surface area contributed by atoms with Crippen molar-refractivity contribution in [3.63, 3.8) is 0 Å². The van der Waals surface area contributed by atoms with E-state index in [1.54, 1.807) is 7.11 Å². The smallest absolute Gasteiger partial charge is 0.307 e. The minimum atomic E-state index is -0.716. The highest BCUT2D eigenvalue weighted by atomic mass is 16.5. The zero-order valence-corrected chi connectivity index (χ0v) is 11.6. The highest BCUT2D eigenvalue weighted by molar-refractivity contribution is 5.70. The van der Waals surface area contributed by atoms with E-state index in [4.69, 9.17) is 9.84 Å². The number of carbonyl (C=O) groups is 1. The molecule has 0 spiro atoms. The quantitative estimate of drug-likeness (QED) is 0.875. The van der Waals surface area contributed by atoms with Gasteiger partial charge in [0.1, 0.15) is 0 Å². The average molecular weight is 263 g/mol. The zero-order chi connectivity index (χ0) is 14.0. The lowest BCUT2D eigenvalue weighted by Gasteiger charge is -2.24. The molecule has 0 amide bonds. The highest BCUT2D eigenvalue weighted by Crippen LogP contribution is 2.30. The first kappa shape index (κ1) is 14.0. The van der Waals surface area contributed by atoms with Gasteiger partial charge in [-0.25, -0.2) is 0 Å². The standard InChI is InChI=1S/C15H21NO3/c1-15(2,19-3)12-6-4-10(5-7-12)13-8-11(9-16-13)14(17)18/h4-7,11,13,16H,8-9H2,1-3H3,(H,17,18). The molecule has 4 heteroatoms. The molecule has 4 nitrogen and oxygen atoms in total. The molecule has 2 N–H and O–H groups in total. The summed E-state index contributed by atoms with van der Waals surface area (Å²) in [7, 11) is 1.70. The number of hydrogen-bond donors (Lipinski definition) is 2. The van der Waals surface area contributed by atoms with E-state index in [1.165, 1.54) is 0 Å². The van der Waals surface area contributed by atoms with E-state index in [-0.39, 0.29) is 17.6 Å². The molecule has 1 aliphatic rings. The Bertz CT molecular complexity index is 453. The Morgan fingerprint density at radius 3 is 2.47 bits per heavy atom. The number of ether oxygens (including phenoxy) is 1. The van der Waals surface area contributed by atoms with Crippen molar-refractivity contribution in [3.05, 3.63) is 35.4 Å². The third-order valence-electron chi connectivity index (χ3n) is 4.00. The molecule has 2 unspecified atom stereocenters. The summed E-state index contributed by atoms with van der Waals surface area (Å²) >= 11 is 0. The van der Waals surface area contributed by atoms with Gasteiger partial charge >= 0.3 is 5.97 Å². The minimum absolute atomic E-state index is 0.140. The van der Waals surface area contributed by atoms with Gasteiger partial charge < -0.3 is 15.2 Å². The van der Waals surface area contributed by atoms with Crippen molar-refractivity contribution >= 4 is 5.97 Å². The zero-order valence-electron chi connectivity index (χ0n) is 11.6. The minimum Gasteiger partial charge on any atom is -0.481 e. The van der Waals surface area contributed by atoms with Gasteiger partial charge in [-0.3, -0.25) is 4.79 Å². The maximum atomic E-state index is 10.9. The number of rotatable bonds is 4. The van der Waals surface area contributed by atoms with Crippen LogP contribution in [0.4, 0.5) is 0 Å². The van der Waals surface area contributed by atoms with Gasteiger partial charge in [-0.05, 0) is 31.4 Å². The summed E-state index contributed by atoms with van der Waals surface area (Å²) in [6.07, 6.45) is 0.655. The predicted octanol–water partition coefficient (Wildman–Crippen LogP) is 2.30. The van der Waals surface area contributed by atoms with Crippen LogP contribution in [0.3, 0.4) is 0 Å². The molecule has 1 aromatic rings. The first-order valence-electron chi connectivity index (χ1n) is 6.56. The van der Waals surface area contributed by atoms with Gasteiger partial charge in [-0.1, -0.05) is 24.3 Å². The number of nitrogens with one attached hydrogen (secondary N) is 1. The molecular weight excluding hydrogens is 242 g/mol. The van der Waals surface area contributed by atoms with Gasteiger partial charge in [0, 0.05) is 19.7 Å². The van der Waals surface area contributed by atoms with E-state index in [2.05, 4.69) is 29.6 Å². The molecule has 0 saturated carbocycles. The van der Waals surface area contributed by atoms with E-state index < -0.39 is 5.97 Å². The van der Waals surface area contributed by atoms with Crippen LogP contribution < -0.4 is 5.32 Å². The van der Waals surface area contributed by atoms with Crippen molar-refractivity contribution in [1.29, 1.82) is 0 Å².